The van der Waals surface area contributed by atoms with Crippen LogP contribution in [0.3, 0.4) is 0 Å². The zero-order valence-corrected chi connectivity index (χ0v) is 19.6. The molecular weight excluding hydrogens is 468 g/mol. The van der Waals surface area contributed by atoms with Gasteiger partial charge in [0.25, 0.3) is 5.91 Å². The van der Waals surface area contributed by atoms with E-state index in [1.807, 2.05) is 29.0 Å². The number of carbonyl (C=O) groups is 2. The van der Waals surface area contributed by atoms with Crippen LogP contribution in [0.4, 0.5) is 8.78 Å². The Morgan fingerprint density at radius 2 is 1.81 bits per heavy atom. The molecule has 4 N–H and O–H groups in total. The van der Waals surface area contributed by atoms with E-state index in [1.165, 1.54) is 18.2 Å². The van der Waals surface area contributed by atoms with Crippen molar-refractivity contribution in [2.45, 2.75) is 19.4 Å². The summed E-state index contributed by atoms with van der Waals surface area (Å²) in [5.41, 5.74) is 8.38. The molecule has 1 aromatic heterocycles. The Morgan fingerprint density at radius 1 is 1.03 bits per heavy atom. The predicted molar refractivity (Wildman–Crippen MR) is 131 cm³/mol. The summed E-state index contributed by atoms with van der Waals surface area (Å²) >= 11 is 0. The Balaban J connectivity index is 1.50. The first-order valence-electron chi connectivity index (χ1n) is 11.2. The molecule has 0 unspecified atom stereocenters. The first-order valence-corrected chi connectivity index (χ1v) is 11.2. The summed E-state index contributed by atoms with van der Waals surface area (Å²) < 4.78 is 33.9. The smallest absolute Gasteiger partial charge is 0.252 e. The quantitative estimate of drug-likeness (QED) is 0.331. The number of ether oxygens (including phenoxy) is 1. The lowest BCUT2D eigenvalue weighted by Gasteiger charge is -2.08. The Bertz CT molecular complexity index is 1450. The number of halogens is 2. The average Bonchev–Trinajstić information content (AvgIpc) is 3.17. The van der Waals surface area contributed by atoms with Gasteiger partial charge in [0.05, 0.1) is 19.1 Å². The zero-order chi connectivity index (χ0) is 25.8. The number of nitrogens with zero attached hydrogens (tertiary/aromatic N) is 1. The standard InChI is InChI=1S/C27H25F2N3O4/c1-36-19-4-7-24-21(13-19)18(8-9-31-26(34)12-16-3-6-22(28)23(29)10-16)15-32(24)14-17-2-5-20(27(30)35)25(33)11-17/h2-7,10-11,13,15,33H,8-9,12,14H2,1H3,(H2,30,35)(H,31,34). The third-order valence-corrected chi connectivity index (χ3v) is 5.92. The largest absolute Gasteiger partial charge is 0.507 e. The second-order valence-electron chi connectivity index (χ2n) is 8.41. The fourth-order valence-electron chi connectivity index (χ4n) is 4.12. The van der Waals surface area contributed by atoms with Crippen molar-refractivity contribution in [1.29, 1.82) is 0 Å². The summed E-state index contributed by atoms with van der Waals surface area (Å²) in [5.74, 6) is -2.43. The number of aromatic hydroxyl groups is 1. The molecular formula is C27H25F2N3O4. The fourth-order valence-corrected chi connectivity index (χ4v) is 4.12. The number of primary amides is 1. The number of fused-ring (bicyclic) bond motifs is 1. The molecule has 3 aromatic carbocycles. The fraction of sp³-hybridized carbons (Fsp3) is 0.185. The minimum absolute atomic E-state index is 0.0562. The van der Waals surface area contributed by atoms with Crippen molar-refractivity contribution in [3.05, 3.63) is 94.7 Å². The van der Waals surface area contributed by atoms with Gasteiger partial charge in [-0.25, -0.2) is 8.78 Å². The van der Waals surface area contributed by atoms with E-state index in [1.54, 1.807) is 13.2 Å². The van der Waals surface area contributed by atoms with E-state index in [4.69, 9.17) is 10.5 Å². The van der Waals surface area contributed by atoms with Crippen molar-refractivity contribution in [3.63, 3.8) is 0 Å². The number of benzene rings is 3. The van der Waals surface area contributed by atoms with E-state index in [0.717, 1.165) is 34.2 Å². The van der Waals surface area contributed by atoms with Crippen LogP contribution in [0.15, 0.2) is 60.8 Å². The van der Waals surface area contributed by atoms with Gasteiger partial charge in [-0.1, -0.05) is 12.1 Å². The molecule has 186 valence electrons. The third kappa shape index (κ3) is 5.46. The van der Waals surface area contributed by atoms with Crippen LogP contribution < -0.4 is 15.8 Å². The number of aromatic nitrogens is 1. The van der Waals surface area contributed by atoms with Crippen LogP contribution in [0.5, 0.6) is 11.5 Å². The molecule has 4 aromatic rings. The highest BCUT2D eigenvalue weighted by atomic mass is 19.2. The SMILES string of the molecule is COc1ccc2c(c1)c(CCNC(=O)Cc1ccc(F)c(F)c1)cn2Cc1ccc(C(N)=O)c(O)c1. The molecule has 0 saturated carbocycles. The zero-order valence-electron chi connectivity index (χ0n) is 19.6. The molecule has 0 atom stereocenters. The summed E-state index contributed by atoms with van der Waals surface area (Å²) in [4.78, 5) is 23.7. The van der Waals surface area contributed by atoms with Crippen LogP contribution in [0.25, 0.3) is 10.9 Å². The van der Waals surface area contributed by atoms with E-state index in [0.29, 0.717) is 30.8 Å². The van der Waals surface area contributed by atoms with Gasteiger partial charge in [0.15, 0.2) is 11.6 Å². The van der Waals surface area contributed by atoms with E-state index >= 15 is 0 Å². The molecule has 9 heteroatoms. The van der Waals surface area contributed by atoms with Gasteiger partial charge in [-0.05, 0) is 65.6 Å². The topological polar surface area (TPSA) is 107 Å². The maximum absolute atomic E-state index is 13.4. The maximum atomic E-state index is 13.4. The molecule has 1 heterocycles. The normalized spacial score (nSPS) is 11.0. The van der Waals surface area contributed by atoms with Crippen LogP contribution in [-0.2, 0) is 24.2 Å². The van der Waals surface area contributed by atoms with Gasteiger partial charge in [-0.2, -0.15) is 0 Å². The van der Waals surface area contributed by atoms with Crippen molar-refractivity contribution in [2.24, 2.45) is 5.73 Å². The number of hydrogen-bond acceptors (Lipinski definition) is 4. The molecule has 0 radical (unpaired) electrons. The summed E-state index contributed by atoms with van der Waals surface area (Å²) in [5, 5.41) is 13.9. The first-order chi connectivity index (χ1) is 17.2. The van der Waals surface area contributed by atoms with Crippen molar-refractivity contribution < 1.29 is 28.2 Å². The lowest BCUT2D eigenvalue weighted by molar-refractivity contribution is -0.120. The molecule has 0 aliphatic carbocycles. The van der Waals surface area contributed by atoms with Gasteiger partial charge >= 0.3 is 0 Å². The Labute approximate surface area is 206 Å². The number of rotatable bonds is 9. The van der Waals surface area contributed by atoms with Crippen LogP contribution in [-0.4, -0.2) is 35.1 Å². The van der Waals surface area contributed by atoms with Gasteiger partial charge in [0.2, 0.25) is 5.91 Å². The number of hydrogen-bond donors (Lipinski definition) is 3. The van der Waals surface area contributed by atoms with Crippen molar-refractivity contribution in [3.8, 4) is 11.5 Å². The van der Waals surface area contributed by atoms with Crippen LogP contribution >= 0.6 is 0 Å². The second kappa shape index (κ2) is 10.5. The first kappa shape index (κ1) is 24.7. The number of phenols is 1. The molecule has 2 amide bonds. The van der Waals surface area contributed by atoms with E-state index in [9.17, 15) is 23.5 Å². The number of amides is 2. The van der Waals surface area contributed by atoms with Crippen molar-refractivity contribution in [2.75, 3.05) is 13.7 Å². The molecule has 7 nitrogen and oxygen atoms in total. The second-order valence-corrected chi connectivity index (χ2v) is 8.41. The molecule has 0 saturated heterocycles. The summed E-state index contributed by atoms with van der Waals surface area (Å²) in [6.45, 7) is 0.769. The molecule has 0 aliphatic heterocycles. The number of nitrogens with two attached hydrogens (primary N) is 1. The minimum atomic E-state index is -0.986. The lowest BCUT2D eigenvalue weighted by atomic mass is 10.1. The average molecular weight is 494 g/mol. The predicted octanol–water partition coefficient (Wildman–Crippen LogP) is 3.68. The van der Waals surface area contributed by atoms with E-state index in [-0.39, 0.29) is 23.6 Å². The Morgan fingerprint density at radius 3 is 2.50 bits per heavy atom. The molecule has 4 rings (SSSR count). The van der Waals surface area contributed by atoms with Crippen molar-refractivity contribution in [1.82, 2.24) is 9.88 Å². The molecule has 0 bridgehead atoms. The van der Waals surface area contributed by atoms with Crippen LogP contribution in [0.1, 0.15) is 27.0 Å². The summed E-state index contributed by atoms with van der Waals surface area (Å²) in [6, 6.07) is 13.8. The van der Waals surface area contributed by atoms with Gasteiger partial charge in [0, 0.05) is 30.2 Å². The minimum Gasteiger partial charge on any atom is -0.507 e. The van der Waals surface area contributed by atoms with E-state index in [2.05, 4.69) is 5.32 Å². The van der Waals surface area contributed by atoms with Gasteiger partial charge < -0.3 is 25.5 Å². The molecule has 0 aliphatic rings. The molecule has 0 spiro atoms. The monoisotopic (exact) mass is 493 g/mol. The molecule has 0 fully saturated rings. The van der Waals surface area contributed by atoms with Crippen LogP contribution in [0, 0.1) is 11.6 Å². The molecule has 36 heavy (non-hydrogen) atoms. The van der Waals surface area contributed by atoms with Crippen molar-refractivity contribution >= 4 is 22.7 Å². The highest BCUT2D eigenvalue weighted by molar-refractivity contribution is 5.95. The highest BCUT2D eigenvalue weighted by Crippen LogP contribution is 2.28. The van der Waals surface area contributed by atoms with Crippen LogP contribution in [0.2, 0.25) is 0 Å². The number of nitrogens with one attached hydrogen (secondary N) is 1. The van der Waals surface area contributed by atoms with Gasteiger partial charge in [-0.3, -0.25) is 9.59 Å². The van der Waals surface area contributed by atoms with E-state index < -0.39 is 17.5 Å². The number of carbonyl (C=O) groups excluding carboxylic acids is 2. The number of methoxy groups -OCH3 is 1. The third-order valence-electron chi connectivity index (χ3n) is 5.92. The highest BCUT2D eigenvalue weighted by Gasteiger charge is 2.13. The summed E-state index contributed by atoms with van der Waals surface area (Å²) in [7, 11) is 1.58. The summed E-state index contributed by atoms with van der Waals surface area (Å²) in [6.07, 6.45) is 2.42. The Kier molecular flexibility index (Phi) is 7.19. The van der Waals surface area contributed by atoms with Gasteiger partial charge in [0.1, 0.15) is 11.5 Å². The maximum Gasteiger partial charge on any atom is 0.252 e. The Hall–Kier alpha value is -4.40. The van der Waals surface area contributed by atoms with Gasteiger partial charge in [-0.15, -0.1) is 0 Å². The lowest BCUT2D eigenvalue weighted by Crippen LogP contribution is -2.27.